The lowest BCUT2D eigenvalue weighted by Crippen LogP contribution is -2.05. The molecule has 68 valence electrons. The van der Waals surface area contributed by atoms with Gasteiger partial charge in [-0.15, -0.1) is 0 Å². The molecule has 0 fully saturated rings. The van der Waals surface area contributed by atoms with Gasteiger partial charge in [-0.25, -0.2) is 4.98 Å². The number of carbonyl (C=O) groups is 1. The number of nitriles is 1. The van der Waals surface area contributed by atoms with Crippen molar-refractivity contribution in [2.75, 3.05) is 7.11 Å². The Bertz CT molecular complexity index is 369. The maximum absolute atomic E-state index is 10.8. The molecule has 0 aliphatic rings. The first-order valence-corrected chi connectivity index (χ1v) is 4.49. The van der Waals surface area contributed by atoms with Crippen LogP contribution in [0.2, 0.25) is 4.47 Å². The minimum atomic E-state index is -0.432. The van der Waals surface area contributed by atoms with Gasteiger partial charge in [-0.3, -0.25) is 4.79 Å². The summed E-state index contributed by atoms with van der Waals surface area (Å²) in [6, 6.07) is 1.91. The fourth-order valence-corrected chi connectivity index (χ4v) is 1.68. The second kappa shape index (κ2) is 4.21. The largest absolute Gasteiger partial charge is 0.469 e. The van der Waals surface area contributed by atoms with Crippen LogP contribution in [0.15, 0.2) is 0 Å². The third kappa shape index (κ3) is 2.41. The summed E-state index contributed by atoms with van der Waals surface area (Å²) in [5, 5.41) is 8.63. The van der Waals surface area contributed by atoms with Crippen molar-refractivity contribution in [2.45, 2.75) is 6.42 Å². The zero-order valence-corrected chi connectivity index (χ0v) is 8.28. The van der Waals surface area contributed by atoms with Crippen LogP contribution in [-0.2, 0) is 16.0 Å². The van der Waals surface area contributed by atoms with Gasteiger partial charge in [0.15, 0.2) is 4.47 Å². The molecular weight excluding hydrogens is 212 g/mol. The lowest BCUT2D eigenvalue weighted by Gasteiger charge is -1.94. The van der Waals surface area contributed by atoms with Gasteiger partial charge < -0.3 is 4.74 Å². The molecule has 1 rings (SSSR count). The van der Waals surface area contributed by atoms with Crippen molar-refractivity contribution < 1.29 is 9.53 Å². The molecule has 0 amide bonds. The van der Waals surface area contributed by atoms with Crippen molar-refractivity contribution >= 4 is 28.9 Å². The topological polar surface area (TPSA) is 63.0 Å². The zero-order chi connectivity index (χ0) is 9.84. The van der Waals surface area contributed by atoms with E-state index in [0.29, 0.717) is 10.6 Å². The van der Waals surface area contributed by atoms with Crippen molar-refractivity contribution in [1.82, 2.24) is 4.98 Å². The average Bonchev–Trinajstić information content (AvgIpc) is 2.46. The Morgan fingerprint density at radius 2 is 2.54 bits per heavy atom. The number of aromatic nitrogens is 1. The van der Waals surface area contributed by atoms with Gasteiger partial charge in [-0.1, -0.05) is 22.9 Å². The molecule has 1 aromatic heterocycles. The molecule has 0 saturated heterocycles. The van der Waals surface area contributed by atoms with Crippen LogP contribution in [0.4, 0.5) is 0 Å². The first-order chi connectivity index (χ1) is 6.17. The molecule has 0 aromatic carbocycles. The summed E-state index contributed by atoms with van der Waals surface area (Å²) in [7, 11) is 1.28. The minimum Gasteiger partial charge on any atom is -0.469 e. The number of halogens is 1. The summed E-state index contributed by atoms with van der Waals surface area (Å²) >= 11 is 6.63. The predicted molar refractivity (Wildman–Crippen MR) is 47.6 cm³/mol. The number of hydrogen-bond acceptors (Lipinski definition) is 5. The van der Waals surface area contributed by atoms with Crippen LogP contribution in [0, 0.1) is 11.3 Å². The first-order valence-electron chi connectivity index (χ1n) is 3.29. The van der Waals surface area contributed by atoms with E-state index < -0.39 is 5.97 Å². The maximum Gasteiger partial charge on any atom is 0.311 e. The molecule has 13 heavy (non-hydrogen) atoms. The van der Waals surface area contributed by atoms with E-state index in [9.17, 15) is 4.79 Å². The van der Waals surface area contributed by atoms with Crippen LogP contribution in [0.25, 0.3) is 0 Å². The van der Waals surface area contributed by atoms with E-state index in [1.54, 1.807) is 0 Å². The predicted octanol–water partition coefficient (Wildman–Crippen LogP) is 1.38. The number of nitrogens with zero attached hydrogens (tertiary/aromatic N) is 2. The Hall–Kier alpha value is -1.12. The van der Waals surface area contributed by atoms with Gasteiger partial charge in [-0.2, -0.15) is 5.26 Å². The first kappa shape index (κ1) is 9.96. The number of methoxy groups -OCH3 is 1. The highest BCUT2D eigenvalue weighted by atomic mass is 35.5. The molecule has 0 aliphatic carbocycles. The van der Waals surface area contributed by atoms with Gasteiger partial charge in [0.25, 0.3) is 0 Å². The second-order valence-electron chi connectivity index (χ2n) is 2.11. The van der Waals surface area contributed by atoms with E-state index in [0.717, 1.165) is 11.3 Å². The Balaban J connectivity index is 2.88. The van der Waals surface area contributed by atoms with E-state index in [4.69, 9.17) is 16.9 Å². The molecule has 0 unspecified atom stereocenters. The number of ether oxygens (including phenoxy) is 1. The Morgan fingerprint density at radius 1 is 1.85 bits per heavy atom. The van der Waals surface area contributed by atoms with Crippen LogP contribution >= 0.6 is 22.9 Å². The zero-order valence-electron chi connectivity index (χ0n) is 6.70. The van der Waals surface area contributed by atoms with Gasteiger partial charge >= 0.3 is 5.97 Å². The highest BCUT2D eigenvalue weighted by Gasteiger charge is 2.13. The molecule has 0 saturated carbocycles. The Morgan fingerprint density at radius 3 is 3.08 bits per heavy atom. The number of thiazole rings is 1. The molecule has 1 heterocycles. The molecule has 0 spiro atoms. The van der Waals surface area contributed by atoms with E-state index in [-0.39, 0.29) is 10.9 Å². The Labute approximate surface area is 83.7 Å². The quantitative estimate of drug-likeness (QED) is 0.701. The summed E-state index contributed by atoms with van der Waals surface area (Å²) in [6.07, 6.45) is -0.0113. The van der Waals surface area contributed by atoms with Crippen LogP contribution in [0.5, 0.6) is 0 Å². The summed E-state index contributed by atoms with van der Waals surface area (Å²) in [5.41, 5.74) is 0.379. The van der Waals surface area contributed by atoms with Crippen LogP contribution in [0.1, 0.15) is 10.6 Å². The number of esters is 1. The van der Waals surface area contributed by atoms with Gasteiger partial charge in [0, 0.05) is 0 Å². The second-order valence-corrected chi connectivity index (χ2v) is 3.69. The normalized spacial score (nSPS) is 9.31. The standard InChI is InChI=1S/C7H5ClN2O2S/c1-12-6(11)2-4-5(3-9)13-7(8)10-4/h2H2,1H3. The SMILES string of the molecule is COC(=O)Cc1nc(Cl)sc1C#N. The van der Waals surface area contributed by atoms with Gasteiger partial charge in [0.05, 0.1) is 19.2 Å². The summed E-state index contributed by atoms with van der Waals surface area (Å²) < 4.78 is 4.70. The van der Waals surface area contributed by atoms with Crippen molar-refractivity contribution in [2.24, 2.45) is 0 Å². The lowest BCUT2D eigenvalue weighted by atomic mass is 10.3. The molecule has 0 bridgehead atoms. The van der Waals surface area contributed by atoms with Gasteiger partial charge in [0.2, 0.25) is 0 Å². The molecule has 0 atom stereocenters. The van der Waals surface area contributed by atoms with Gasteiger partial charge in [-0.05, 0) is 0 Å². The van der Waals surface area contributed by atoms with E-state index in [1.807, 2.05) is 6.07 Å². The number of carbonyl (C=O) groups excluding carboxylic acids is 1. The van der Waals surface area contributed by atoms with Crippen molar-refractivity contribution in [3.05, 3.63) is 15.0 Å². The fraction of sp³-hybridized carbons (Fsp3) is 0.286. The molecular formula is C7H5ClN2O2S. The summed E-state index contributed by atoms with van der Waals surface area (Å²) in [6.45, 7) is 0. The molecule has 4 nitrogen and oxygen atoms in total. The molecule has 0 N–H and O–H groups in total. The summed E-state index contributed by atoms with van der Waals surface area (Å²) in [4.78, 5) is 15.0. The highest BCUT2D eigenvalue weighted by Crippen LogP contribution is 2.22. The highest BCUT2D eigenvalue weighted by molar-refractivity contribution is 7.16. The minimum absolute atomic E-state index is 0.0113. The third-order valence-corrected chi connectivity index (χ3v) is 2.42. The van der Waals surface area contributed by atoms with Crippen molar-refractivity contribution in [3.8, 4) is 6.07 Å². The fourth-order valence-electron chi connectivity index (χ4n) is 0.739. The monoisotopic (exact) mass is 216 g/mol. The van der Waals surface area contributed by atoms with Crippen molar-refractivity contribution in [1.29, 1.82) is 5.26 Å². The number of rotatable bonds is 2. The number of hydrogen-bond donors (Lipinski definition) is 0. The van der Waals surface area contributed by atoms with Crippen LogP contribution in [0.3, 0.4) is 0 Å². The van der Waals surface area contributed by atoms with Crippen molar-refractivity contribution in [3.63, 3.8) is 0 Å². The molecule has 0 aliphatic heterocycles. The molecule has 6 heteroatoms. The maximum atomic E-state index is 10.8. The van der Waals surface area contributed by atoms with Gasteiger partial charge in [0.1, 0.15) is 10.9 Å². The van der Waals surface area contributed by atoms with E-state index in [1.165, 1.54) is 7.11 Å². The molecule has 0 radical (unpaired) electrons. The van der Waals surface area contributed by atoms with Crippen LogP contribution in [-0.4, -0.2) is 18.1 Å². The molecule has 1 aromatic rings. The van der Waals surface area contributed by atoms with Crippen LogP contribution < -0.4 is 0 Å². The van der Waals surface area contributed by atoms with E-state index >= 15 is 0 Å². The smallest absolute Gasteiger partial charge is 0.311 e. The average molecular weight is 217 g/mol. The van der Waals surface area contributed by atoms with E-state index in [2.05, 4.69) is 9.72 Å². The Kier molecular flexibility index (Phi) is 3.23. The third-order valence-electron chi connectivity index (χ3n) is 1.31. The lowest BCUT2D eigenvalue weighted by molar-refractivity contribution is -0.139. The summed E-state index contributed by atoms with van der Waals surface area (Å²) in [5.74, 6) is -0.432.